The van der Waals surface area contributed by atoms with Gasteiger partial charge in [-0.05, 0) is 18.7 Å². The third-order valence-corrected chi connectivity index (χ3v) is 3.53. The molecule has 0 bridgehead atoms. The van der Waals surface area contributed by atoms with Gasteiger partial charge in [-0.3, -0.25) is 0 Å². The molecule has 0 saturated carbocycles. The van der Waals surface area contributed by atoms with Gasteiger partial charge in [-0.25, -0.2) is 0 Å². The van der Waals surface area contributed by atoms with Crippen molar-refractivity contribution in [3.05, 3.63) is 35.9 Å². The third-order valence-electron chi connectivity index (χ3n) is 2.22. The minimum Gasteiger partial charge on any atom is -0.329 e. The van der Waals surface area contributed by atoms with Gasteiger partial charge in [-0.2, -0.15) is 11.8 Å². The van der Waals surface area contributed by atoms with E-state index in [1.165, 1.54) is 5.56 Å². The average molecular weight is 181 g/mol. The lowest BCUT2D eigenvalue weighted by Gasteiger charge is -2.25. The van der Waals surface area contributed by atoms with Crippen molar-refractivity contribution in [1.82, 2.24) is 0 Å². The van der Waals surface area contributed by atoms with Gasteiger partial charge in [0.25, 0.3) is 0 Å². The summed E-state index contributed by atoms with van der Waals surface area (Å²) in [6.45, 7) is 2.85. The van der Waals surface area contributed by atoms with Crippen molar-refractivity contribution < 1.29 is 0 Å². The fourth-order valence-electron chi connectivity index (χ4n) is 1.11. The largest absolute Gasteiger partial charge is 0.329 e. The van der Waals surface area contributed by atoms with Crippen LogP contribution in [0.4, 0.5) is 0 Å². The predicted octanol–water partition coefficient (Wildman–Crippen LogP) is 2.22. The van der Waals surface area contributed by atoms with Crippen molar-refractivity contribution in [2.75, 3.05) is 12.8 Å². The zero-order valence-electron chi connectivity index (χ0n) is 7.58. The molecule has 0 aliphatic rings. The summed E-state index contributed by atoms with van der Waals surface area (Å²) in [5, 5.41) is 0. The van der Waals surface area contributed by atoms with E-state index >= 15 is 0 Å². The molecule has 1 rings (SSSR count). The van der Waals surface area contributed by atoms with Crippen LogP contribution in [-0.2, 0) is 4.75 Å². The molecule has 12 heavy (non-hydrogen) atoms. The highest BCUT2D eigenvalue weighted by molar-refractivity contribution is 7.99. The standard InChI is InChI=1S/C10H15NS/c1-10(8-11,12-2)9-6-4-3-5-7-9/h3-7H,8,11H2,1-2H3. The average Bonchev–Trinajstić information content (AvgIpc) is 2.18. The molecular weight excluding hydrogens is 166 g/mol. The second kappa shape index (κ2) is 3.97. The van der Waals surface area contributed by atoms with Gasteiger partial charge in [0.1, 0.15) is 0 Å². The van der Waals surface area contributed by atoms with E-state index in [1.807, 2.05) is 6.07 Å². The first-order chi connectivity index (χ1) is 5.73. The summed E-state index contributed by atoms with van der Waals surface area (Å²) in [6, 6.07) is 10.4. The first-order valence-corrected chi connectivity index (χ1v) is 5.26. The molecule has 0 spiro atoms. The fraction of sp³-hybridized carbons (Fsp3) is 0.400. The highest BCUT2D eigenvalue weighted by atomic mass is 32.2. The van der Waals surface area contributed by atoms with E-state index in [1.54, 1.807) is 11.8 Å². The van der Waals surface area contributed by atoms with E-state index in [9.17, 15) is 0 Å². The second-order valence-electron chi connectivity index (χ2n) is 3.01. The molecule has 1 atom stereocenters. The minimum absolute atomic E-state index is 0.0707. The molecule has 2 heteroatoms. The summed E-state index contributed by atoms with van der Waals surface area (Å²) in [5.74, 6) is 0. The second-order valence-corrected chi connectivity index (χ2v) is 4.31. The van der Waals surface area contributed by atoms with Crippen molar-refractivity contribution in [2.45, 2.75) is 11.7 Å². The smallest absolute Gasteiger partial charge is 0.0499 e. The normalized spacial score (nSPS) is 15.6. The van der Waals surface area contributed by atoms with E-state index in [-0.39, 0.29) is 4.75 Å². The van der Waals surface area contributed by atoms with E-state index in [2.05, 4.69) is 37.4 Å². The zero-order chi connectivity index (χ0) is 9.03. The summed E-state index contributed by atoms with van der Waals surface area (Å²) in [4.78, 5) is 0. The van der Waals surface area contributed by atoms with Gasteiger partial charge in [-0.1, -0.05) is 30.3 Å². The molecule has 0 aromatic heterocycles. The topological polar surface area (TPSA) is 26.0 Å². The molecular formula is C10H15NS. The monoisotopic (exact) mass is 181 g/mol. The molecule has 0 saturated heterocycles. The lowest BCUT2D eigenvalue weighted by atomic mass is 10.0. The van der Waals surface area contributed by atoms with Crippen LogP contribution in [0.3, 0.4) is 0 Å². The first kappa shape index (κ1) is 9.62. The van der Waals surface area contributed by atoms with Gasteiger partial charge >= 0.3 is 0 Å². The van der Waals surface area contributed by atoms with Crippen molar-refractivity contribution in [1.29, 1.82) is 0 Å². The molecule has 0 fully saturated rings. The van der Waals surface area contributed by atoms with Gasteiger partial charge in [0, 0.05) is 11.3 Å². The Hall–Kier alpha value is -0.470. The Labute approximate surface area is 78.4 Å². The number of hydrogen-bond acceptors (Lipinski definition) is 2. The Morgan fingerprint density at radius 2 is 1.92 bits per heavy atom. The summed E-state index contributed by atoms with van der Waals surface area (Å²) >= 11 is 1.80. The first-order valence-electron chi connectivity index (χ1n) is 4.03. The number of benzene rings is 1. The lowest BCUT2D eigenvalue weighted by Crippen LogP contribution is -2.27. The number of rotatable bonds is 3. The molecule has 1 aromatic carbocycles. The lowest BCUT2D eigenvalue weighted by molar-refractivity contribution is 0.706. The Kier molecular flexibility index (Phi) is 3.18. The summed E-state index contributed by atoms with van der Waals surface area (Å²) < 4.78 is 0.0707. The molecule has 2 N–H and O–H groups in total. The van der Waals surface area contributed by atoms with Crippen LogP contribution in [0, 0.1) is 0 Å². The predicted molar refractivity (Wildman–Crippen MR) is 56.4 cm³/mol. The highest BCUT2D eigenvalue weighted by Gasteiger charge is 2.22. The SMILES string of the molecule is CSC(C)(CN)c1ccccc1. The van der Waals surface area contributed by atoms with Gasteiger partial charge in [0.05, 0.1) is 0 Å². The van der Waals surface area contributed by atoms with Crippen molar-refractivity contribution in [3.63, 3.8) is 0 Å². The Morgan fingerprint density at radius 1 is 1.33 bits per heavy atom. The molecule has 1 unspecified atom stereocenters. The Morgan fingerprint density at radius 3 is 2.33 bits per heavy atom. The summed E-state index contributed by atoms with van der Waals surface area (Å²) in [6.07, 6.45) is 2.10. The van der Waals surface area contributed by atoms with Crippen LogP contribution in [-0.4, -0.2) is 12.8 Å². The summed E-state index contributed by atoms with van der Waals surface area (Å²) in [5.41, 5.74) is 7.03. The van der Waals surface area contributed by atoms with E-state index in [4.69, 9.17) is 5.73 Å². The van der Waals surface area contributed by atoms with Gasteiger partial charge in [0.2, 0.25) is 0 Å². The van der Waals surface area contributed by atoms with Crippen LogP contribution >= 0.6 is 11.8 Å². The third kappa shape index (κ3) is 1.82. The molecule has 0 aliphatic carbocycles. The zero-order valence-corrected chi connectivity index (χ0v) is 8.40. The molecule has 0 amide bonds. The quantitative estimate of drug-likeness (QED) is 0.774. The van der Waals surface area contributed by atoms with Crippen LogP contribution in [0.15, 0.2) is 30.3 Å². The Bertz CT molecular complexity index is 229. The van der Waals surface area contributed by atoms with Crippen molar-refractivity contribution >= 4 is 11.8 Å². The van der Waals surface area contributed by atoms with Crippen LogP contribution in [0.1, 0.15) is 12.5 Å². The number of nitrogens with two attached hydrogens (primary N) is 1. The number of hydrogen-bond donors (Lipinski definition) is 1. The maximum atomic E-state index is 5.73. The maximum absolute atomic E-state index is 5.73. The van der Waals surface area contributed by atoms with Crippen molar-refractivity contribution in [3.8, 4) is 0 Å². The Balaban J connectivity index is 2.95. The van der Waals surface area contributed by atoms with E-state index in [0.717, 1.165) is 0 Å². The van der Waals surface area contributed by atoms with Gasteiger partial charge in [0.15, 0.2) is 0 Å². The molecule has 1 aromatic rings. The van der Waals surface area contributed by atoms with Crippen LogP contribution < -0.4 is 5.73 Å². The fourth-order valence-corrected chi connectivity index (χ4v) is 1.65. The van der Waals surface area contributed by atoms with Crippen LogP contribution in [0.5, 0.6) is 0 Å². The van der Waals surface area contributed by atoms with Crippen LogP contribution in [0.25, 0.3) is 0 Å². The van der Waals surface area contributed by atoms with Gasteiger partial charge < -0.3 is 5.73 Å². The molecule has 66 valence electrons. The molecule has 0 heterocycles. The van der Waals surface area contributed by atoms with E-state index < -0.39 is 0 Å². The summed E-state index contributed by atoms with van der Waals surface area (Å²) in [7, 11) is 0. The number of thioether (sulfide) groups is 1. The maximum Gasteiger partial charge on any atom is 0.0499 e. The van der Waals surface area contributed by atoms with Crippen LogP contribution in [0.2, 0.25) is 0 Å². The highest BCUT2D eigenvalue weighted by Crippen LogP contribution is 2.32. The minimum atomic E-state index is 0.0707. The molecule has 0 radical (unpaired) electrons. The van der Waals surface area contributed by atoms with E-state index in [0.29, 0.717) is 6.54 Å². The molecule has 0 aliphatic heterocycles. The van der Waals surface area contributed by atoms with Gasteiger partial charge in [-0.15, -0.1) is 0 Å². The van der Waals surface area contributed by atoms with Crippen molar-refractivity contribution in [2.24, 2.45) is 5.73 Å². The molecule has 1 nitrogen and oxygen atoms in total.